The Morgan fingerprint density at radius 1 is 1.16 bits per heavy atom. The Balaban J connectivity index is 1.83. The van der Waals surface area contributed by atoms with Gasteiger partial charge < -0.3 is 10.2 Å². The van der Waals surface area contributed by atoms with Gasteiger partial charge in [0.1, 0.15) is 0 Å². The Kier molecular flexibility index (Phi) is 5.12. The van der Waals surface area contributed by atoms with Crippen molar-refractivity contribution in [3.8, 4) is 0 Å². The normalized spacial score (nSPS) is 16.4. The summed E-state index contributed by atoms with van der Waals surface area (Å²) in [6, 6.07) is 6.66. The zero-order valence-electron chi connectivity index (χ0n) is 12.7. The maximum Gasteiger partial charge on any atom is 0.0411 e. The second-order valence-electron chi connectivity index (χ2n) is 6.12. The molecular weight excluding hydrogens is 232 g/mol. The van der Waals surface area contributed by atoms with Crippen molar-refractivity contribution in [1.82, 2.24) is 0 Å². The number of hydrogen-bond donors (Lipinski definition) is 1. The smallest absolute Gasteiger partial charge is 0.0411 e. The van der Waals surface area contributed by atoms with E-state index in [0.29, 0.717) is 0 Å². The van der Waals surface area contributed by atoms with Crippen LogP contribution >= 0.6 is 0 Å². The Bertz CT molecular complexity index is 392. The molecule has 0 heterocycles. The summed E-state index contributed by atoms with van der Waals surface area (Å²) in [6.45, 7) is 3.28. The van der Waals surface area contributed by atoms with Gasteiger partial charge in [0.2, 0.25) is 0 Å². The first-order valence-electron chi connectivity index (χ1n) is 7.68. The van der Waals surface area contributed by atoms with E-state index in [9.17, 15) is 0 Å². The van der Waals surface area contributed by atoms with E-state index in [1.165, 1.54) is 55.5 Å². The number of aryl methyl sites for hydroxylation is 1. The summed E-state index contributed by atoms with van der Waals surface area (Å²) in [6.07, 6.45) is 8.55. The first-order valence-corrected chi connectivity index (χ1v) is 7.68. The number of anilines is 2. The summed E-state index contributed by atoms with van der Waals surface area (Å²) in [5.41, 5.74) is 3.90. The molecule has 1 aliphatic carbocycles. The van der Waals surface area contributed by atoms with Gasteiger partial charge in [-0.1, -0.05) is 38.2 Å². The first-order chi connectivity index (χ1) is 9.16. The van der Waals surface area contributed by atoms with Crippen LogP contribution in [-0.2, 0) is 0 Å². The first kappa shape index (κ1) is 14.2. The van der Waals surface area contributed by atoms with Crippen LogP contribution in [0.5, 0.6) is 0 Å². The molecule has 0 unspecified atom stereocenters. The van der Waals surface area contributed by atoms with Gasteiger partial charge in [0.15, 0.2) is 0 Å². The summed E-state index contributed by atoms with van der Waals surface area (Å²) in [7, 11) is 4.21. The molecule has 0 atom stereocenters. The van der Waals surface area contributed by atoms with Gasteiger partial charge in [0.25, 0.3) is 0 Å². The second-order valence-corrected chi connectivity index (χ2v) is 6.12. The molecule has 1 aliphatic rings. The van der Waals surface area contributed by atoms with Crippen molar-refractivity contribution >= 4 is 11.4 Å². The number of nitrogens with zero attached hydrogens (tertiary/aromatic N) is 1. The maximum absolute atomic E-state index is 3.59. The molecular formula is C17H28N2. The molecule has 1 saturated carbocycles. The summed E-state index contributed by atoms with van der Waals surface area (Å²) < 4.78 is 0. The third kappa shape index (κ3) is 4.15. The molecule has 0 amide bonds. The zero-order chi connectivity index (χ0) is 13.7. The van der Waals surface area contributed by atoms with Gasteiger partial charge in [-0.05, 0) is 37.0 Å². The predicted molar refractivity (Wildman–Crippen MR) is 85.2 cm³/mol. The van der Waals surface area contributed by atoms with Crippen molar-refractivity contribution in [2.45, 2.75) is 45.4 Å². The van der Waals surface area contributed by atoms with E-state index >= 15 is 0 Å². The van der Waals surface area contributed by atoms with Crippen molar-refractivity contribution in [1.29, 1.82) is 0 Å². The van der Waals surface area contributed by atoms with Crippen LogP contribution in [0.15, 0.2) is 18.2 Å². The van der Waals surface area contributed by atoms with Crippen LogP contribution in [0.1, 0.15) is 44.1 Å². The van der Waals surface area contributed by atoms with Gasteiger partial charge in [0.05, 0.1) is 0 Å². The lowest BCUT2D eigenvalue weighted by Gasteiger charge is -2.22. The molecule has 0 spiro atoms. The minimum absolute atomic E-state index is 0.958. The Morgan fingerprint density at radius 2 is 1.89 bits per heavy atom. The van der Waals surface area contributed by atoms with Crippen LogP contribution < -0.4 is 10.2 Å². The Morgan fingerprint density at radius 3 is 2.58 bits per heavy atom. The van der Waals surface area contributed by atoms with Gasteiger partial charge >= 0.3 is 0 Å². The van der Waals surface area contributed by atoms with Crippen molar-refractivity contribution in [2.75, 3.05) is 30.9 Å². The standard InChI is InChI=1S/C17H28N2/c1-14-9-10-16(13-17(14)19(2)3)18-12-11-15-7-5-4-6-8-15/h9-10,13,15,18H,4-8,11-12H2,1-3H3. The van der Waals surface area contributed by atoms with Crippen LogP contribution in [0.4, 0.5) is 11.4 Å². The number of hydrogen-bond acceptors (Lipinski definition) is 2. The fourth-order valence-electron chi connectivity index (χ4n) is 3.10. The van der Waals surface area contributed by atoms with Crippen LogP contribution in [0, 0.1) is 12.8 Å². The largest absolute Gasteiger partial charge is 0.385 e. The van der Waals surface area contributed by atoms with Gasteiger partial charge in [-0.3, -0.25) is 0 Å². The van der Waals surface area contributed by atoms with Gasteiger partial charge in [-0.15, -0.1) is 0 Å². The molecule has 0 aliphatic heterocycles. The van der Waals surface area contributed by atoms with Gasteiger partial charge in [0, 0.05) is 32.0 Å². The molecule has 0 aromatic heterocycles. The topological polar surface area (TPSA) is 15.3 Å². The second kappa shape index (κ2) is 6.83. The predicted octanol–water partition coefficient (Wildman–Crippen LogP) is 4.44. The summed E-state index contributed by atoms with van der Waals surface area (Å²) in [4.78, 5) is 2.18. The van der Waals surface area contributed by atoms with Gasteiger partial charge in [-0.25, -0.2) is 0 Å². The highest BCUT2D eigenvalue weighted by Crippen LogP contribution is 2.27. The van der Waals surface area contributed by atoms with E-state index in [1.807, 2.05) is 0 Å². The van der Waals surface area contributed by atoms with E-state index in [-0.39, 0.29) is 0 Å². The average Bonchev–Trinajstić information content (AvgIpc) is 2.41. The van der Waals surface area contributed by atoms with Crippen molar-refractivity contribution < 1.29 is 0 Å². The van der Waals surface area contributed by atoms with Crippen molar-refractivity contribution in [3.63, 3.8) is 0 Å². The highest BCUT2D eigenvalue weighted by atomic mass is 15.1. The lowest BCUT2D eigenvalue weighted by atomic mass is 9.87. The maximum atomic E-state index is 3.59. The van der Waals surface area contributed by atoms with E-state index in [1.54, 1.807) is 0 Å². The molecule has 2 rings (SSSR count). The quantitative estimate of drug-likeness (QED) is 0.841. The van der Waals surface area contributed by atoms with Crippen LogP contribution in [0.2, 0.25) is 0 Å². The van der Waals surface area contributed by atoms with Gasteiger partial charge in [-0.2, -0.15) is 0 Å². The summed E-state index contributed by atoms with van der Waals surface area (Å²) in [5.74, 6) is 0.958. The molecule has 0 saturated heterocycles. The molecule has 0 bridgehead atoms. The Hall–Kier alpha value is -1.18. The van der Waals surface area contributed by atoms with E-state index in [4.69, 9.17) is 0 Å². The molecule has 1 fully saturated rings. The monoisotopic (exact) mass is 260 g/mol. The summed E-state index contributed by atoms with van der Waals surface area (Å²) >= 11 is 0. The minimum Gasteiger partial charge on any atom is -0.385 e. The molecule has 1 aromatic rings. The highest BCUT2D eigenvalue weighted by Gasteiger charge is 2.12. The van der Waals surface area contributed by atoms with E-state index < -0.39 is 0 Å². The number of rotatable bonds is 5. The fraction of sp³-hybridized carbons (Fsp3) is 0.647. The SMILES string of the molecule is Cc1ccc(NCCC2CCCCC2)cc1N(C)C. The molecule has 0 radical (unpaired) electrons. The molecule has 1 aromatic carbocycles. The summed E-state index contributed by atoms with van der Waals surface area (Å²) in [5, 5.41) is 3.59. The molecule has 1 N–H and O–H groups in total. The van der Waals surface area contributed by atoms with E-state index in [2.05, 4.69) is 49.4 Å². The lowest BCUT2D eigenvalue weighted by Crippen LogP contribution is -2.13. The van der Waals surface area contributed by atoms with E-state index in [0.717, 1.165) is 12.5 Å². The fourth-order valence-corrected chi connectivity index (χ4v) is 3.10. The third-order valence-electron chi connectivity index (χ3n) is 4.30. The molecule has 2 heteroatoms. The van der Waals surface area contributed by atoms with Crippen LogP contribution in [0.25, 0.3) is 0 Å². The molecule has 19 heavy (non-hydrogen) atoms. The number of benzene rings is 1. The highest BCUT2D eigenvalue weighted by molar-refractivity contribution is 5.61. The minimum atomic E-state index is 0.958. The molecule has 106 valence electrons. The Labute approximate surface area is 118 Å². The van der Waals surface area contributed by atoms with Crippen molar-refractivity contribution in [3.05, 3.63) is 23.8 Å². The zero-order valence-corrected chi connectivity index (χ0v) is 12.7. The third-order valence-corrected chi connectivity index (χ3v) is 4.30. The average molecular weight is 260 g/mol. The van der Waals surface area contributed by atoms with Crippen LogP contribution in [-0.4, -0.2) is 20.6 Å². The molecule has 2 nitrogen and oxygen atoms in total. The van der Waals surface area contributed by atoms with Crippen LogP contribution in [0.3, 0.4) is 0 Å². The number of nitrogens with one attached hydrogen (secondary N) is 1. The van der Waals surface area contributed by atoms with Crippen molar-refractivity contribution in [2.24, 2.45) is 5.92 Å². The lowest BCUT2D eigenvalue weighted by molar-refractivity contribution is 0.345.